The van der Waals surface area contributed by atoms with Gasteiger partial charge in [0.2, 0.25) is 0 Å². The number of carbonyl (C=O) groups is 1. The SMILES string of the molecule is COCc1c(C=O)nnn1-c1ccc(OC)c(OC)c1. The average molecular weight is 277 g/mol. The summed E-state index contributed by atoms with van der Waals surface area (Å²) < 4.78 is 17.0. The van der Waals surface area contributed by atoms with Crippen LogP contribution in [-0.2, 0) is 11.3 Å². The van der Waals surface area contributed by atoms with E-state index in [9.17, 15) is 4.79 Å². The number of nitrogens with zero attached hydrogens (tertiary/aromatic N) is 3. The first-order chi connectivity index (χ1) is 9.74. The molecule has 0 atom stereocenters. The third-order valence-corrected chi connectivity index (χ3v) is 2.80. The summed E-state index contributed by atoms with van der Waals surface area (Å²) in [7, 11) is 4.66. The highest BCUT2D eigenvalue weighted by Crippen LogP contribution is 2.29. The third-order valence-electron chi connectivity index (χ3n) is 2.80. The van der Waals surface area contributed by atoms with Gasteiger partial charge in [0.15, 0.2) is 23.5 Å². The first kappa shape index (κ1) is 14.0. The van der Waals surface area contributed by atoms with Crippen molar-refractivity contribution in [2.75, 3.05) is 21.3 Å². The molecule has 0 saturated carbocycles. The molecule has 0 radical (unpaired) electrons. The van der Waals surface area contributed by atoms with Crippen LogP contribution in [0.5, 0.6) is 11.5 Å². The molecule has 7 nitrogen and oxygen atoms in total. The largest absolute Gasteiger partial charge is 0.493 e. The van der Waals surface area contributed by atoms with Gasteiger partial charge in [0.1, 0.15) is 5.69 Å². The van der Waals surface area contributed by atoms with E-state index in [1.54, 1.807) is 39.5 Å². The number of aldehydes is 1. The predicted octanol–water partition coefficient (Wildman–Crippen LogP) is 1.24. The van der Waals surface area contributed by atoms with Crippen molar-refractivity contribution in [3.63, 3.8) is 0 Å². The summed E-state index contributed by atoms with van der Waals surface area (Å²) in [5.41, 5.74) is 1.53. The Balaban J connectivity index is 2.50. The first-order valence-corrected chi connectivity index (χ1v) is 5.86. The Morgan fingerprint density at radius 1 is 1.20 bits per heavy atom. The lowest BCUT2D eigenvalue weighted by Crippen LogP contribution is -2.05. The van der Waals surface area contributed by atoms with Crippen LogP contribution in [-0.4, -0.2) is 42.6 Å². The molecule has 0 saturated heterocycles. The lowest BCUT2D eigenvalue weighted by atomic mass is 10.2. The lowest BCUT2D eigenvalue weighted by molar-refractivity contribution is 0.111. The molecular weight excluding hydrogens is 262 g/mol. The van der Waals surface area contributed by atoms with Crippen LogP contribution < -0.4 is 9.47 Å². The topological polar surface area (TPSA) is 75.5 Å². The molecule has 2 rings (SSSR count). The predicted molar refractivity (Wildman–Crippen MR) is 70.6 cm³/mol. The summed E-state index contributed by atoms with van der Waals surface area (Å²) >= 11 is 0. The molecule has 0 aliphatic carbocycles. The van der Waals surface area contributed by atoms with Gasteiger partial charge in [-0.05, 0) is 12.1 Å². The number of rotatable bonds is 6. The van der Waals surface area contributed by atoms with Crippen LogP contribution in [0.4, 0.5) is 0 Å². The molecule has 0 unspecified atom stereocenters. The number of benzene rings is 1. The second-order valence-corrected chi connectivity index (χ2v) is 3.92. The summed E-state index contributed by atoms with van der Waals surface area (Å²) in [6.07, 6.45) is 0.651. The van der Waals surface area contributed by atoms with Gasteiger partial charge in [-0.25, -0.2) is 4.68 Å². The Labute approximate surface area is 116 Å². The Bertz CT molecular complexity index is 610. The quantitative estimate of drug-likeness (QED) is 0.739. The van der Waals surface area contributed by atoms with E-state index in [0.717, 1.165) is 0 Å². The molecule has 1 aromatic heterocycles. The summed E-state index contributed by atoms with van der Waals surface area (Å²) in [6, 6.07) is 5.30. The molecule has 0 fully saturated rings. The van der Waals surface area contributed by atoms with Crippen molar-refractivity contribution in [2.24, 2.45) is 0 Å². The Kier molecular flexibility index (Phi) is 4.31. The molecule has 0 bridgehead atoms. The minimum absolute atomic E-state index is 0.232. The molecule has 0 spiro atoms. The van der Waals surface area contributed by atoms with Crippen LogP contribution in [0.3, 0.4) is 0 Å². The zero-order valence-corrected chi connectivity index (χ0v) is 11.5. The van der Waals surface area contributed by atoms with Gasteiger partial charge in [0.25, 0.3) is 0 Å². The second-order valence-electron chi connectivity index (χ2n) is 3.92. The third kappa shape index (κ3) is 2.48. The van der Waals surface area contributed by atoms with Crippen LogP contribution in [0, 0.1) is 0 Å². The van der Waals surface area contributed by atoms with Crippen molar-refractivity contribution in [2.45, 2.75) is 6.61 Å². The van der Waals surface area contributed by atoms with E-state index >= 15 is 0 Å². The number of aromatic nitrogens is 3. The minimum Gasteiger partial charge on any atom is -0.493 e. The van der Waals surface area contributed by atoms with E-state index in [0.29, 0.717) is 29.2 Å². The van der Waals surface area contributed by atoms with E-state index in [-0.39, 0.29) is 12.3 Å². The molecule has 106 valence electrons. The number of hydrogen-bond acceptors (Lipinski definition) is 6. The van der Waals surface area contributed by atoms with Crippen LogP contribution in [0.15, 0.2) is 18.2 Å². The van der Waals surface area contributed by atoms with E-state index in [4.69, 9.17) is 14.2 Å². The monoisotopic (exact) mass is 277 g/mol. The average Bonchev–Trinajstić information content (AvgIpc) is 2.89. The van der Waals surface area contributed by atoms with Crippen molar-refractivity contribution in [1.82, 2.24) is 15.0 Å². The maximum Gasteiger partial charge on any atom is 0.172 e. The van der Waals surface area contributed by atoms with Crippen molar-refractivity contribution in [1.29, 1.82) is 0 Å². The second kappa shape index (κ2) is 6.16. The fourth-order valence-corrected chi connectivity index (χ4v) is 1.84. The van der Waals surface area contributed by atoms with Gasteiger partial charge in [-0.3, -0.25) is 4.79 Å². The van der Waals surface area contributed by atoms with Gasteiger partial charge < -0.3 is 14.2 Å². The zero-order chi connectivity index (χ0) is 14.5. The molecule has 0 N–H and O–H groups in total. The van der Waals surface area contributed by atoms with E-state index < -0.39 is 0 Å². The minimum atomic E-state index is 0.232. The zero-order valence-electron chi connectivity index (χ0n) is 11.5. The molecule has 1 aromatic carbocycles. The van der Waals surface area contributed by atoms with Crippen LogP contribution in [0.2, 0.25) is 0 Å². The summed E-state index contributed by atoms with van der Waals surface area (Å²) in [5.74, 6) is 1.18. The number of ether oxygens (including phenoxy) is 3. The van der Waals surface area contributed by atoms with Gasteiger partial charge in [-0.15, -0.1) is 5.10 Å². The van der Waals surface area contributed by atoms with Crippen LogP contribution >= 0.6 is 0 Å². The van der Waals surface area contributed by atoms with Crippen LogP contribution in [0.1, 0.15) is 16.2 Å². The number of hydrogen-bond donors (Lipinski definition) is 0. The van der Waals surface area contributed by atoms with E-state index in [1.165, 1.54) is 4.68 Å². The smallest absolute Gasteiger partial charge is 0.172 e. The highest BCUT2D eigenvalue weighted by molar-refractivity contribution is 5.73. The highest BCUT2D eigenvalue weighted by Gasteiger charge is 2.15. The molecule has 1 heterocycles. The van der Waals surface area contributed by atoms with Crippen molar-refractivity contribution in [3.05, 3.63) is 29.6 Å². The summed E-state index contributed by atoms with van der Waals surface area (Å²) in [6.45, 7) is 0.232. The molecule has 0 aliphatic heterocycles. The molecular formula is C13H15N3O4. The maximum absolute atomic E-state index is 11.0. The van der Waals surface area contributed by atoms with Crippen molar-refractivity contribution >= 4 is 6.29 Å². The van der Waals surface area contributed by atoms with Gasteiger partial charge in [0, 0.05) is 13.2 Å². The summed E-state index contributed by atoms with van der Waals surface area (Å²) in [5, 5.41) is 7.79. The van der Waals surface area contributed by atoms with Gasteiger partial charge in [0.05, 0.1) is 26.5 Å². The number of methoxy groups -OCH3 is 3. The number of carbonyl (C=O) groups excluding carboxylic acids is 1. The lowest BCUT2D eigenvalue weighted by Gasteiger charge is -2.11. The van der Waals surface area contributed by atoms with E-state index in [1.807, 2.05) is 0 Å². The molecule has 2 aromatic rings. The Morgan fingerprint density at radius 3 is 2.55 bits per heavy atom. The molecule has 0 aliphatic rings. The first-order valence-electron chi connectivity index (χ1n) is 5.86. The highest BCUT2D eigenvalue weighted by atomic mass is 16.5. The molecule has 7 heteroatoms. The summed E-state index contributed by atoms with van der Waals surface area (Å²) in [4.78, 5) is 11.0. The standard InChI is InChI=1S/C13H15N3O4/c1-18-8-11-10(7-17)14-15-16(11)9-4-5-12(19-2)13(6-9)20-3/h4-7H,8H2,1-3H3. The fraction of sp³-hybridized carbons (Fsp3) is 0.308. The van der Waals surface area contributed by atoms with Crippen molar-refractivity contribution < 1.29 is 19.0 Å². The normalized spacial score (nSPS) is 10.3. The van der Waals surface area contributed by atoms with Crippen LogP contribution in [0.25, 0.3) is 5.69 Å². The molecule has 0 amide bonds. The van der Waals surface area contributed by atoms with Gasteiger partial charge >= 0.3 is 0 Å². The van der Waals surface area contributed by atoms with Crippen molar-refractivity contribution in [3.8, 4) is 17.2 Å². The Hall–Kier alpha value is -2.41. The van der Waals surface area contributed by atoms with Gasteiger partial charge in [-0.1, -0.05) is 5.21 Å². The Morgan fingerprint density at radius 2 is 1.95 bits per heavy atom. The van der Waals surface area contributed by atoms with Gasteiger partial charge in [-0.2, -0.15) is 0 Å². The van der Waals surface area contributed by atoms with E-state index in [2.05, 4.69) is 10.3 Å². The fourth-order valence-electron chi connectivity index (χ4n) is 1.84. The maximum atomic E-state index is 11.0. The molecule has 20 heavy (non-hydrogen) atoms.